The number of anilines is 1. The maximum atomic E-state index is 12.5. The SMILES string of the molecule is Cc1cccc(C(=O)c2ccc3c(c2)NC(=O)C(C)O3)c1. The van der Waals surface area contributed by atoms with E-state index in [2.05, 4.69) is 5.32 Å². The number of fused-ring (bicyclic) bond motifs is 1. The molecule has 0 saturated carbocycles. The number of carbonyl (C=O) groups excluding carboxylic acids is 2. The van der Waals surface area contributed by atoms with Crippen LogP contribution < -0.4 is 10.1 Å². The molecule has 4 heteroatoms. The minimum absolute atomic E-state index is 0.0747. The summed E-state index contributed by atoms with van der Waals surface area (Å²) in [4.78, 5) is 24.1. The number of hydrogen-bond acceptors (Lipinski definition) is 3. The molecular formula is C17H15NO3. The second-order valence-electron chi connectivity index (χ2n) is 5.16. The molecule has 1 atom stereocenters. The van der Waals surface area contributed by atoms with E-state index in [4.69, 9.17) is 4.74 Å². The molecule has 1 aliphatic heterocycles. The lowest BCUT2D eigenvalue weighted by Crippen LogP contribution is -2.34. The number of nitrogens with one attached hydrogen (secondary N) is 1. The van der Waals surface area contributed by atoms with Gasteiger partial charge in [0.2, 0.25) is 0 Å². The Bertz CT molecular complexity index is 737. The Morgan fingerprint density at radius 2 is 1.90 bits per heavy atom. The minimum atomic E-state index is -0.518. The summed E-state index contributed by atoms with van der Waals surface area (Å²) in [6.07, 6.45) is -0.518. The van der Waals surface area contributed by atoms with E-state index >= 15 is 0 Å². The van der Waals surface area contributed by atoms with Crippen molar-refractivity contribution >= 4 is 17.4 Å². The molecule has 1 aliphatic rings. The first-order valence-electron chi connectivity index (χ1n) is 6.77. The molecule has 1 amide bonds. The van der Waals surface area contributed by atoms with Gasteiger partial charge in [-0.15, -0.1) is 0 Å². The van der Waals surface area contributed by atoms with Gasteiger partial charge in [0.25, 0.3) is 5.91 Å². The number of ether oxygens (including phenoxy) is 1. The molecule has 106 valence electrons. The van der Waals surface area contributed by atoms with Crippen molar-refractivity contribution in [2.24, 2.45) is 0 Å². The van der Waals surface area contributed by atoms with Crippen molar-refractivity contribution in [2.75, 3.05) is 5.32 Å². The van der Waals surface area contributed by atoms with Gasteiger partial charge in [-0.2, -0.15) is 0 Å². The molecule has 0 radical (unpaired) electrons. The standard InChI is InChI=1S/C17H15NO3/c1-10-4-3-5-12(8-10)16(19)13-6-7-15-14(9-13)18-17(20)11(2)21-15/h3-9,11H,1-2H3,(H,18,20). The van der Waals surface area contributed by atoms with E-state index < -0.39 is 6.10 Å². The van der Waals surface area contributed by atoms with Crippen LogP contribution in [0, 0.1) is 6.92 Å². The quantitative estimate of drug-likeness (QED) is 0.861. The predicted molar refractivity (Wildman–Crippen MR) is 79.8 cm³/mol. The summed E-state index contributed by atoms with van der Waals surface area (Å²) in [6.45, 7) is 3.63. The van der Waals surface area contributed by atoms with Crippen molar-refractivity contribution in [3.05, 3.63) is 59.2 Å². The first kappa shape index (κ1) is 13.4. The number of benzene rings is 2. The van der Waals surface area contributed by atoms with Gasteiger partial charge in [-0.1, -0.05) is 23.8 Å². The summed E-state index contributed by atoms with van der Waals surface area (Å²) in [7, 11) is 0. The zero-order chi connectivity index (χ0) is 15.0. The minimum Gasteiger partial charge on any atom is -0.479 e. The molecule has 2 aromatic carbocycles. The van der Waals surface area contributed by atoms with Gasteiger partial charge in [0.05, 0.1) is 5.69 Å². The number of hydrogen-bond donors (Lipinski definition) is 1. The lowest BCUT2D eigenvalue weighted by atomic mass is 10.0. The van der Waals surface area contributed by atoms with E-state index in [-0.39, 0.29) is 11.7 Å². The Hall–Kier alpha value is -2.62. The van der Waals surface area contributed by atoms with Crippen LogP contribution in [0.4, 0.5) is 5.69 Å². The zero-order valence-corrected chi connectivity index (χ0v) is 11.8. The van der Waals surface area contributed by atoms with Crippen LogP contribution >= 0.6 is 0 Å². The first-order chi connectivity index (χ1) is 10.0. The summed E-state index contributed by atoms with van der Waals surface area (Å²) < 4.78 is 5.48. The fourth-order valence-electron chi connectivity index (χ4n) is 2.30. The number of aryl methyl sites for hydroxylation is 1. The van der Waals surface area contributed by atoms with E-state index in [0.29, 0.717) is 22.6 Å². The molecule has 21 heavy (non-hydrogen) atoms. The molecule has 0 fully saturated rings. The summed E-state index contributed by atoms with van der Waals surface area (Å²) in [5, 5.41) is 2.75. The van der Waals surface area contributed by atoms with E-state index in [1.54, 1.807) is 31.2 Å². The monoisotopic (exact) mass is 281 g/mol. The molecule has 0 aliphatic carbocycles. The fourth-order valence-corrected chi connectivity index (χ4v) is 2.30. The maximum Gasteiger partial charge on any atom is 0.265 e. The van der Waals surface area contributed by atoms with Gasteiger partial charge >= 0.3 is 0 Å². The number of ketones is 1. The molecule has 0 spiro atoms. The molecule has 0 saturated heterocycles. The van der Waals surface area contributed by atoms with Crippen LogP contribution in [0.1, 0.15) is 28.4 Å². The summed E-state index contributed by atoms with van der Waals surface area (Å²) in [6, 6.07) is 12.5. The highest BCUT2D eigenvalue weighted by Gasteiger charge is 2.24. The smallest absolute Gasteiger partial charge is 0.265 e. The Morgan fingerprint density at radius 3 is 2.67 bits per heavy atom. The molecule has 4 nitrogen and oxygen atoms in total. The summed E-state index contributed by atoms with van der Waals surface area (Å²) in [5.74, 6) is 0.305. The van der Waals surface area contributed by atoms with Crippen LogP contribution in [-0.2, 0) is 4.79 Å². The van der Waals surface area contributed by atoms with Crippen LogP contribution in [0.25, 0.3) is 0 Å². The average Bonchev–Trinajstić information content (AvgIpc) is 2.47. The molecule has 2 aromatic rings. The lowest BCUT2D eigenvalue weighted by Gasteiger charge is -2.23. The Morgan fingerprint density at radius 1 is 1.14 bits per heavy atom. The second-order valence-corrected chi connectivity index (χ2v) is 5.16. The molecule has 1 N–H and O–H groups in total. The van der Waals surface area contributed by atoms with Crippen molar-refractivity contribution in [3.63, 3.8) is 0 Å². The molecule has 0 bridgehead atoms. The van der Waals surface area contributed by atoms with Gasteiger partial charge in [-0.05, 0) is 38.1 Å². The lowest BCUT2D eigenvalue weighted by molar-refractivity contribution is -0.122. The number of carbonyl (C=O) groups is 2. The van der Waals surface area contributed by atoms with Crippen molar-refractivity contribution in [1.29, 1.82) is 0 Å². The maximum absolute atomic E-state index is 12.5. The van der Waals surface area contributed by atoms with Crippen LogP contribution in [0.3, 0.4) is 0 Å². The van der Waals surface area contributed by atoms with E-state index in [1.807, 2.05) is 25.1 Å². The summed E-state index contributed by atoms with van der Waals surface area (Å²) >= 11 is 0. The van der Waals surface area contributed by atoms with Gasteiger partial charge in [0.15, 0.2) is 11.9 Å². The third kappa shape index (κ3) is 2.52. The van der Waals surface area contributed by atoms with Gasteiger partial charge in [0.1, 0.15) is 5.75 Å². The number of rotatable bonds is 2. The van der Waals surface area contributed by atoms with Gasteiger partial charge < -0.3 is 10.1 Å². The van der Waals surface area contributed by atoms with Gasteiger partial charge in [-0.3, -0.25) is 9.59 Å². The largest absolute Gasteiger partial charge is 0.479 e. The number of amides is 1. The highest BCUT2D eigenvalue weighted by molar-refractivity contribution is 6.10. The Kier molecular flexibility index (Phi) is 3.22. The van der Waals surface area contributed by atoms with E-state index in [0.717, 1.165) is 5.56 Å². The normalized spacial score (nSPS) is 16.7. The molecule has 1 unspecified atom stereocenters. The van der Waals surface area contributed by atoms with Crippen LogP contribution in [0.2, 0.25) is 0 Å². The first-order valence-corrected chi connectivity index (χ1v) is 6.77. The van der Waals surface area contributed by atoms with Crippen molar-refractivity contribution in [3.8, 4) is 5.75 Å². The van der Waals surface area contributed by atoms with Gasteiger partial charge in [-0.25, -0.2) is 0 Å². The second kappa shape index (κ2) is 5.05. The third-order valence-electron chi connectivity index (χ3n) is 3.45. The molecule has 0 aromatic heterocycles. The molecular weight excluding hydrogens is 266 g/mol. The average molecular weight is 281 g/mol. The summed E-state index contributed by atoms with van der Waals surface area (Å²) in [5.41, 5.74) is 2.73. The van der Waals surface area contributed by atoms with Gasteiger partial charge in [0, 0.05) is 11.1 Å². The van der Waals surface area contributed by atoms with E-state index in [9.17, 15) is 9.59 Å². The van der Waals surface area contributed by atoms with Crippen molar-refractivity contribution in [1.82, 2.24) is 0 Å². The Balaban J connectivity index is 1.96. The fraction of sp³-hybridized carbons (Fsp3) is 0.176. The molecule has 1 heterocycles. The van der Waals surface area contributed by atoms with Crippen LogP contribution in [0.5, 0.6) is 5.75 Å². The van der Waals surface area contributed by atoms with Crippen LogP contribution in [-0.4, -0.2) is 17.8 Å². The van der Waals surface area contributed by atoms with Crippen molar-refractivity contribution < 1.29 is 14.3 Å². The van der Waals surface area contributed by atoms with Crippen LogP contribution in [0.15, 0.2) is 42.5 Å². The van der Waals surface area contributed by atoms with E-state index in [1.165, 1.54) is 0 Å². The third-order valence-corrected chi connectivity index (χ3v) is 3.45. The predicted octanol–water partition coefficient (Wildman–Crippen LogP) is 2.95. The highest BCUT2D eigenvalue weighted by atomic mass is 16.5. The topological polar surface area (TPSA) is 55.4 Å². The zero-order valence-electron chi connectivity index (χ0n) is 11.8. The Labute approximate surface area is 122 Å². The highest BCUT2D eigenvalue weighted by Crippen LogP contribution is 2.31. The molecule has 3 rings (SSSR count). The van der Waals surface area contributed by atoms with Crippen molar-refractivity contribution in [2.45, 2.75) is 20.0 Å².